The van der Waals surface area contributed by atoms with Crippen molar-refractivity contribution < 1.29 is 0 Å². The summed E-state index contributed by atoms with van der Waals surface area (Å²) in [7, 11) is 0. The molecule has 6 N–H and O–H groups in total. The lowest BCUT2D eigenvalue weighted by atomic mass is 9.91. The van der Waals surface area contributed by atoms with Gasteiger partial charge in [-0.2, -0.15) is 10.5 Å². The SMILES string of the molecule is CC(C)c1cc(Br)cc(C(C)C)c1N.CC(C)c1cc(C#N)cc(C(C)C)c1N.CC(C)c1cc(C#N)cc(C(C)C)c1N. The zero-order valence-corrected chi connectivity index (χ0v) is 30.5. The second-order valence-corrected chi connectivity index (χ2v) is 14.2. The molecule has 0 aliphatic rings. The van der Waals surface area contributed by atoms with Gasteiger partial charge in [0.15, 0.2) is 0 Å². The predicted octanol–water partition coefficient (Wildman–Crippen LogP) is 11.1. The van der Waals surface area contributed by atoms with E-state index in [4.69, 9.17) is 27.7 Å². The molecule has 0 amide bonds. The maximum absolute atomic E-state index is 8.95. The van der Waals surface area contributed by atoms with E-state index in [0.29, 0.717) is 46.6 Å². The van der Waals surface area contributed by atoms with Gasteiger partial charge in [0.05, 0.1) is 23.3 Å². The summed E-state index contributed by atoms with van der Waals surface area (Å²) >= 11 is 3.53. The van der Waals surface area contributed by atoms with Crippen LogP contribution in [0, 0.1) is 22.7 Å². The number of rotatable bonds is 6. The van der Waals surface area contributed by atoms with Crippen molar-refractivity contribution in [2.75, 3.05) is 17.2 Å². The first-order valence-corrected chi connectivity index (χ1v) is 16.4. The number of hydrogen-bond acceptors (Lipinski definition) is 5. The minimum Gasteiger partial charge on any atom is -0.398 e. The molecule has 0 aliphatic carbocycles. The number of halogens is 1. The molecule has 0 radical (unpaired) electrons. The van der Waals surface area contributed by atoms with Crippen molar-refractivity contribution in [3.05, 3.63) is 85.4 Å². The molecule has 0 saturated carbocycles. The number of nitrogens with zero attached hydrogens (tertiary/aromatic N) is 2. The molecular weight excluding hydrogens is 606 g/mol. The van der Waals surface area contributed by atoms with Crippen LogP contribution in [-0.4, -0.2) is 0 Å². The van der Waals surface area contributed by atoms with Gasteiger partial charge in [0, 0.05) is 21.5 Å². The summed E-state index contributed by atoms with van der Waals surface area (Å²) in [5, 5.41) is 17.9. The minimum absolute atomic E-state index is 0.357. The summed E-state index contributed by atoms with van der Waals surface area (Å²) in [5.41, 5.74) is 29.2. The summed E-state index contributed by atoms with van der Waals surface area (Å²) in [5.74, 6) is 2.38. The Hall–Kier alpha value is -3.48. The fourth-order valence-electron chi connectivity index (χ4n) is 5.05. The summed E-state index contributed by atoms with van der Waals surface area (Å²) in [4.78, 5) is 0. The Morgan fingerprint density at radius 1 is 0.432 bits per heavy atom. The lowest BCUT2D eigenvalue weighted by Crippen LogP contribution is -2.04. The summed E-state index contributed by atoms with van der Waals surface area (Å²) in [6.45, 7) is 25.4. The van der Waals surface area contributed by atoms with Gasteiger partial charge in [-0.3, -0.25) is 0 Å². The third-order valence-electron chi connectivity index (χ3n) is 7.69. The average Bonchev–Trinajstić information content (AvgIpc) is 2.94. The van der Waals surface area contributed by atoms with Gasteiger partial charge < -0.3 is 17.2 Å². The lowest BCUT2D eigenvalue weighted by molar-refractivity contribution is 0.838. The largest absolute Gasteiger partial charge is 0.398 e. The van der Waals surface area contributed by atoms with Crippen LogP contribution in [0.4, 0.5) is 17.1 Å². The van der Waals surface area contributed by atoms with E-state index in [0.717, 1.165) is 43.8 Å². The van der Waals surface area contributed by atoms with Gasteiger partial charge >= 0.3 is 0 Å². The second kappa shape index (κ2) is 17.1. The number of nitriles is 2. The molecule has 0 aliphatic heterocycles. The molecule has 0 bridgehead atoms. The van der Waals surface area contributed by atoms with Crippen LogP contribution in [-0.2, 0) is 0 Å². The number of nitrogens with two attached hydrogens (primary N) is 3. The van der Waals surface area contributed by atoms with E-state index in [2.05, 4.69) is 123 Å². The molecule has 5 nitrogen and oxygen atoms in total. The average molecular weight is 661 g/mol. The molecule has 0 spiro atoms. The van der Waals surface area contributed by atoms with E-state index in [9.17, 15) is 0 Å². The van der Waals surface area contributed by atoms with Crippen molar-refractivity contribution in [2.45, 2.75) is 119 Å². The van der Waals surface area contributed by atoms with Gasteiger partial charge in [0.2, 0.25) is 0 Å². The fraction of sp³-hybridized carbons (Fsp3) is 0.474. The first kappa shape index (κ1) is 38.5. The van der Waals surface area contributed by atoms with E-state index >= 15 is 0 Å². The van der Waals surface area contributed by atoms with Crippen LogP contribution in [0.3, 0.4) is 0 Å². The Morgan fingerprint density at radius 2 is 0.614 bits per heavy atom. The Labute approximate surface area is 276 Å². The molecular formula is C38H54BrN5. The summed E-state index contributed by atoms with van der Waals surface area (Å²) in [6, 6.07) is 16.2. The van der Waals surface area contributed by atoms with Crippen molar-refractivity contribution in [1.29, 1.82) is 10.5 Å². The quantitative estimate of drug-likeness (QED) is 0.227. The molecule has 3 aromatic carbocycles. The van der Waals surface area contributed by atoms with Crippen LogP contribution < -0.4 is 17.2 Å². The maximum atomic E-state index is 8.95. The van der Waals surface area contributed by atoms with Crippen molar-refractivity contribution >= 4 is 33.0 Å². The molecule has 0 heterocycles. The summed E-state index contributed by atoms with van der Waals surface area (Å²) < 4.78 is 1.12. The number of hydrogen-bond donors (Lipinski definition) is 3. The normalized spacial score (nSPS) is 10.9. The number of benzene rings is 3. The van der Waals surface area contributed by atoms with Gasteiger partial charge in [-0.15, -0.1) is 0 Å². The molecule has 3 aromatic rings. The van der Waals surface area contributed by atoms with Crippen LogP contribution in [0.1, 0.15) is 163 Å². The number of anilines is 3. The Kier molecular flexibility index (Phi) is 15.0. The van der Waals surface area contributed by atoms with E-state index < -0.39 is 0 Å². The van der Waals surface area contributed by atoms with Crippen LogP contribution in [0.2, 0.25) is 0 Å². The van der Waals surface area contributed by atoms with E-state index in [1.807, 2.05) is 24.3 Å². The molecule has 0 saturated heterocycles. The highest BCUT2D eigenvalue weighted by Gasteiger charge is 2.15. The molecule has 44 heavy (non-hydrogen) atoms. The van der Waals surface area contributed by atoms with Gasteiger partial charge in [0.1, 0.15) is 0 Å². The van der Waals surface area contributed by atoms with Crippen molar-refractivity contribution in [3.63, 3.8) is 0 Å². The van der Waals surface area contributed by atoms with Gasteiger partial charge in [0.25, 0.3) is 0 Å². The molecule has 0 aromatic heterocycles. The van der Waals surface area contributed by atoms with Crippen LogP contribution in [0.25, 0.3) is 0 Å². The Morgan fingerprint density at radius 3 is 0.773 bits per heavy atom. The zero-order valence-electron chi connectivity index (χ0n) is 28.9. The monoisotopic (exact) mass is 659 g/mol. The standard InChI is InChI=1S/2C13H18N2.C12H18BrN/c2*1-8(2)11-5-10(7-14)6-12(9(3)4)13(11)15;1-7(2)10-5-9(13)6-11(8(3)4)12(10)14/h2*5-6,8-9H,15H2,1-4H3;5-8H,14H2,1-4H3. The highest BCUT2D eigenvalue weighted by Crippen LogP contribution is 2.34. The topological polar surface area (TPSA) is 126 Å². The molecule has 238 valence electrons. The van der Waals surface area contributed by atoms with Crippen molar-refractivity contribution in [2.24, 2.45) is 0 Å². The highest BCUT2D eigenvalue weighted by molar-refractivity contribution is 9.10. The zero-order chi connectivity index (χ0) is 34.0. The van der Waals surface area contributed by atoms with Crippen molar-refractivity contribution in [1.82, 2.24) is 0 Å². The third-order valence-corrected chi connectivity index (χ3v) is 8.14. The van der Waals surface area contributed by atoms with Gasteiger partial charge in [-0.05, 0) is 105 Å². The van der Waals surface area contributed by atoms with Crippen molar-refractivity contribution in [3.8, 4) is 12.1 Å². The second-order valence-electron chi connectivity index (χ2n) is 13.3. The molecule has 0 atom stereocenters. The van der Waals surface area contributed by atoms with Gasteiger partial charge in [-0.25, -0.2) is 0 Å². The smallest absolute Gasteiger partial charge is 0.0991 e. The first-order valence-electron chi connectivity index (χ1n) is 15.6. The third kappa shape index (κ3) is 10.3. The van der Waals surface area contributed by atoms with E-state index in [1.54, 1.807) is 0 Å². The van der Waals surface area contributed by atoms with E-state index in [1.165, 1.54) is 11.1 Å². The van der Waals surface area contributed by atoms with Crippen LogP contribution >= 0.6 is 15.9 Å². The highest BCUT2D eigenvalue weighted by atomic mass is 79.9. The van der Waals surface area contributed by atoms with Gasteiger partial charge in [-0.1, -0.05) is 99.0 Å². The summed E-state index contributed by atoms with van der Waals surface area (Å²) in [6.07, 6.45) is 0. The molecule has 0 unspecified atom stereocenters. The van der Waals surface area contributed by atoms with Crippen LogP contribution in [0.15, 0.2) is 40.9 Å². The lowest BCUT2D eigenvalue weighted by Gasteiger charge is -2.16. The van der Waals surface area contributed by atoms with Crippen LogP contribution in [0.5, 0.6) is 0 Å². The number of nitrogen functional groups attached to an aromatic ring is 3. The molecule has 0 fully saturated rings. The predicted molar refractivity (Wildman–Crippen MR) is 194 cm³/mol. The maximum Gasteiger partial charge on any atom is 0.0991 e. The van der Waals surface area contributed by atoms with E-state index in [-0.39, 0.29) is 0 Å². The Bertz CT molecular complexity index is 1320. The Balaban J connectivity index is 0.000000330. The first-order chi connectivity index (χ1) is 20.4. The minimum atomic E-state index is 0.357. The molecule has 6 heteroatoms. The molecule has 3 rings (SSSR count). The fourth-order valence-corrected chi connectivity index (χ4v) is 5.55.